The largest absolute Gasteiger partial charge is 0.332 e. The number of fused-ring (bicyclic) bond motifs is 2. The lowest BCUT2D eigenvalue weighted by Gasteiger charge is -2.40. The van der Waals surface area contributed by atoms with Gasteiger partial charge in [-0.25, -0.2) is 8.42 Å². The van der Waals surface area contributed by atoms with Gasteiger partial charge in [0.05, 0.1) is 16.6 Å². The molecule has 2 aliphatic rings. The lowest BCUT2D eigenvalue weighted by molar-refractivity contribution is -0.137. The number of benzene rings is 1. The minimum Gasteiger partial charge on any atom is -0.332 e. The van der Waals surface area contributed by atoms with E-state index in [1.807, 2.05) is 25.1 Å². The molecule has 2 saturated heterocycles. The maximum atomic E-state index is 13.8. The second-order valence-electron chi connectivity index (χ2n) is 8.27. The van der Waals surface area contributed by atoms with Crippen LogP contribution in [-0.4, -0.2) is 47.1 Å². The molecular weight excluding hydrogens is 469 g/mol. The van der Waals surface area contributed by atoms with Gasteiger partial charge in [-0.05, 0) is 56.5 Å². The lowest BCUT2D eigenvalue weighted by atomic mass is 9.90. The fourth-order valence-electron chi connectivity index (χ4n) is 4.78. The number of carbonyl (C=O) groups excluding carboxylic acids is 1. The predicted molar refractivity (Wildman–Crippen MR) is 125 cm³/mol. The van der Waals surface area contributed by atoms with Gasteiger partial charge in [-0.1, -0.05) is 35.3 Å². The van der Waals surface area contributed by atoms with Crippen molar-refractivity contribution in [2.24, 2.45) is 5.92 Å². The van der Waals surface area contributed by atoms with Gasteiger partial charge >= 0.3 is 0 Å². The Morgan fingerprint density at radius 1 is 1.19 bits per heavy atom. The van der Waals surface area contributed by atoms with Crippen molar-refractivity contribution in [1.29, 1.82) is 0 Å². The van der Waals surface area contributed by atoms with Crippen molar-refractivity contribution in [3.05, 3.63) is 71.0 Å². The molecule has 170 valence electrons. The highest BCUT2D eigenvalue weighted by Gasteiger charge is 2.50. The molecule has 6 nitrogen and oxygen atoms in total. The zero-order chi connectivity index (χ0) is 23.0. The van der Waals surface area contributed by atoms with Gasteiger partial charge in [0.1, 0.15) is 6.04 Å². The Morgan fingerprint density at radius 2 is 1.91 bits per heavy atom. The zero-order valence-corrected chi connectivity index (χ0v) is 20.0. The molecule has 1 aromatic carbocycles. The molecule has 2 bridgehead atoms. The number of hydrogen-bond donors (Lipinski definition) is 0. The van der Waals surface area contributed by atoms with Gasteiger partial charge in [0.2, 0.25) is 15.9 Å². The number of hydrogen-bond acceptors (Lipinski definition) is 4. The van der Waals surface area contributed by atoms with Crippen LogP contribution in [0, 0.1) is 5.92 Å². The van der Waals surface area contributed by atoms with Gasteiger partial charge in [-0.2, -0.15) is 4.31 Å². The zero-order valence-electron chi connectivity index (χ0n) is 17.7. The smallest absolute Gasteiger partial charge is 0.244 e. The van der Waals surface area contributed by atoms with Crippen LogP contribution in [0.3, 0.4) is 0 Å². The standard InChI is InChI=1S/C23H25Cl2N3O3S/c1-3-16-14-27(15(2)20-7-4-5-10-26-20)23(29)22-9-6-8-21(16)28(22)32(30,31)19-12-17(24)11-18(25)13-19/h3-5,7,10-13,15-16,21-22H,1,6,8-9,14H2,2H3/t15-,16-,21+,22-/m0/s1. The van der Waals surface area contributed by atoms with E-state index >= 15 is 0 Å². The van der Waals surface area contributed by atoms with E-state index in [0.29, 0.717) is 19.4 Å². The number of aromatic nitrogens is 1. The van der Waals surface area contributed by atoms with E-state index < -0.39 is 16.1 Å². The fraction of sp³-hybridized carbons (Fsp3) is 0.391. The fourth-order valence-corrected chi connectivity index (χ4v) is 7.38. The molecule has 0 N–H and O–H groups in total. The first-order valence-electron chi connectivity index (χ1n) is 10.6. The second kappa shape index (κ2) is 9.14. The van der Waals surface area contributed by atoms with Crippen LogP contribution in [0.1, 0.15) is 37.9 Å². The number of halogens is 2. The molecule has 2 aliphatic heterocycles. The quantitative estimate of drug-likeness (QED) is 0.565. The van der Waals surface area contributed by atoms with E-state index in [9.17, 15) is 13.2 Å². The summed E-state index contributed by atoms with van der Waals surface area (Å²) >= 11 is 12.2. The number of piperidine rings is 1. The van der Waals surface area contributed by atoms with Gasteiger partial charge in [0.15, 0.2) is 0 Å². The summed E-state index contributed by atoms with van der Waals surface area (Å²) in [5.41, 5.74) is 0.760. The van der Waals surface area contributed by atoms with Crippen LogP contribution in [0.25, 0.3) is 0 Å². The van der Waals surface area contributed by atoms with Crippen molar-refractivity contribution >= 4 is 39.1 Å². The summed E-state index contributed by atoms with van der Waals surface area (Å²) in [5.74, 6) is -0.436. The summed E-state index contributed by atoms with van der Waals surface area (Å²) < 4.78 is 29.0. The molecule has 3 heterocycles. The molecule has 0 radical (unpaired) electrons. The Hall–Kier alpha value is -1.93. The van der Waals surface area contributed by atoms with Gasteiger partial charge in [0.25, 0.3) is 0 Å². The third-order valence-corrected chi connectivity index (χ3v) is 8.73. The molecule has 0 unspecified atom stereocenters. The van der Waals surface area contributed by atoms with Crippen LogP contribution >= 0.6 is 23.2 Å². The van der Waals surface area contributed by atoms with Crippen molar-refractivity contribution in [2.45, 2.75) is 49.2 Å². The minimum atomic E-state index is -4.03. The molecule has 32 heavy (non-hydrogen) atoms. The van der Waals surface area contributed by atoms with Crippen LogP contribution < -0.4 is 0 Å². The summed E-state index contributed by atoms with van der Waals surface area (Å²) in [5, 5.41) is 0.459. The first kappa shape index (κ1) is 23.2. The van der Waals surface area contributed by atoms with E-state index in [-0.39, 0.29) is 38.8 Å². The summed E-state index contributed by atoms with van der Waals surface area (Å²) in [7, 11) is -4.03. The molecule has 1 amide bonds. The molecule has 4 rings (SSSR count). The van der Waals surface area contributed by atoms with E-state index in [1.165, 1.54) is 22.5 Å². The van der Waals surface area contributed by atoms with Crippen molar-refractivity contribution in [1.82, 2.24) is 14.2 Å². The molecule has 0 spiro atoms. The minimum absolute atomic E-state index is 0.00580. The highest BCUT2D eigenvalue weighted by molar-refractivity contribution is 7.89. The topological polar surface area (TPSA) is 70.6 Å². The highest BCUT2D eigenvalue weighted by atomic mass is 35.5. The number of carbonyl (C=O) groups is 1. The highest BCUT2D eigenvalue weighted by Crippen LogP contribution is 2.40. The molecule has 4 atom stereocenters. The second-order valence-corrected chi connectivity index (χ2v) is 11.0. The van der Waals surface area contributed by atoms with Crippen LogP contribution in [0.4, 0.5) is 0 Å². The maximum absolute atomic E-state index is 13.8. The van der Waals surface area contributed by atoms with E-state index in [1.54, 1.807) is 17.2 Å². The normalized spacial score (nSPS) is 25.3. The third kappa shape index (κ3) is 4.19. The maximum Gasteiger partial charge on any atom is 0.244 e. The van der Waals surface area contributed by atoms with E-state index in [2.05, 4.69) is 11.6 Å². The van der Waals surface area contributed by atoms with Crippen molar-refractivity contribution in [3.8, 4) is 0 Å². The first-order chi connectivity index (χ1) is 15.2. The lowest BCUT2D eigenvalue weighted by Crippen LogP contribution is -2.54. The summed E-state index contributed by atoms with van der Waals surface area (Å²) in [4.78, 5) is 19.9. The van der Waals surface area contributed by atoms with Gasteiger partial charge in [-0.15, -0.1) is 6.58 Å². The Bertz CT molecular complexity index is 1110. The number of amides is 1. The Balaban J connectivity index is 1.79. The molecule has 2 aromatic rings. The average molecular weight is 494 g/mol. The van der Waals surface area contributed by atoms with Crippen LogP contribution in [0.5, 0.6) is 0 Å². The molecule has 1 aromatic heterocycles. The Kier molecular flexibility index (Phi) is 6.63. The molecule has 9 heteroatoms. The van der Waals surface area contributed by atoms with Crippen molar-refractivity contribution in [2.75, 3.05) is 6.54 Å². The van der Waals surface area contributed by atoms with E-state index in [4.69, 9.17) is 23.2 Å². The van der Waals surface area contributed by atoms with Crippen molar-refractivity contribution in [3.63, 3.8) is 0 Å². The molecular formula is C23H25Cl2N3O3S. The number of pyridine rings is 1. The third-order valence-electron chi connectivity index (χ3n) is 6.38. The number of sulfonamides is 1. The van der Waals surface area contributed by atoms with Crippen LogP contribution in [-0.2, 0) is 14.8 Å². The van der Waals surface area contributed by atoms with E-state index in [0.717, 1.165) is 12.1 Å². The summed E-state index contributed by atoms with van der Waals surface area (Å²) in [6.45, 7) is 6.27. The van der Waals surface area contributed by atoms with Gasteiger partial charge in [0, 0.05) is 34.7 Å². The average Bonchev–Trinajstić information content (AvgIpc) is 2.85. The monoisotopic (exact) mass is 493 g/mol. The molecule has 0 aliphatic carbocycles. The van der Waals surface area contributed by atoms with Crippen molar-refractivity contribution < 1.29 is 13.2 Å². The molecule has 0 saturated carbocycles. The molecule has 2 fully saturated rings. The van der Waals surface area contributed by atoms with Gasteiger partial charge < -0.3 is 4.90 Å². The number of rotatable bonds is 5. The number of nitrogens with zero attached hydrogens (tertiary/aromatic N) is 3. The first-order valence-corrected chi connectivity index (χ1v) is 12.8. The predicted octanol–water partition coefficient (Wildman–Crippen LogP) is 4.71. The summed E-state index contributed by atoms with van der Waals surface area (Å²) in [6.07, 6.45) is 5.33. The SMILES string of the molecule is C=C[C@H]1CN([C@@H](C)c2ccccn2)C(=O)[C@@H]2CCC[C@H]1N2S(=O)(=O)c1cc(Cl)cc(Cl)c1. The van der Waals surface area contributed by atoms with Crippen LogP contribution in [0.15, 0.2) is 60.1 Å². The Morgan fingerprint density at radius 3 is 2.53 bits per heavy atom. The Labute approximate surface area is 198 Å². The van der Waals surface area contributed by atoms with Crippen LogP contribution in [0.2, 0.25) is 10.0 Å². The summed E-state index contributed by atoms with van der Waals surface area (Å²) in [6, 6.07) is 8.35. The van der Waals surface area contributed by atoms with Gasteiger partial charge in [-0.3, -0.25) is 9.78 Å².